The SMILES string of the molecule is COc1c(C)cc(Br)c(C)c1C(Cl)Cc1cccc(C)c1. The summed E-state index contributed by atoms with van der Waals surface area (Å²) in [6, 6.07) is 10.6. The first-order valence-corrected chi connectivity index (χ1v) is 8.20. The van der Waals surface area contributed by atoms with E-state index in [1.165, 1.54) is 11.1 Å². The second kappa shape index (κ2) is 6.85. The molecule has 1 atom stereocenters. The van der Waals surface area contributed by atoms with Gasteiger partial charge in [-0.05, 0) is 49.9 Å². The molecule has 2 aromatic rings. The number of alkyl halides is 1. The molecule has 0 radical (unpaired) electrons. The molecule has 0 bridgehead atoms. The topological polar surface area (TPSA) is 9.23 Å². The number of hydrogen-bond acceptors (Lipinski definition) is 1. The summed E-state index contributed by atoms with van der Waals surface area (Å²) < 4.78 is 6.66. The molecule has 0 heterocycles. The van der Waals surface area contributed by atoms with E-state index >= 15 is 0 Å². The summed E-state index contributed by atoms with van der Waals surface area (Å²) in [6.07, 6.45) is 0.788. The van der Waals surface area contributed by atoms with Crippen molar-refractivity contribution < 1.29 is 4.74 Å². The lowest BCUT2D eigenvalue weighted by atomic mass is 9.96. The van der Waals surface area contributed by atoms with E-state index in [-0.39, 0.29) is 5.38 Å². The highest BCUT2D eigenvalue weighted by Gasteiger charge is 2.20. The van der Waals surface area contributed by atoms with Crippen molar-refractivity contribution in [1.82, 2.24) is 0 Å². The summed E-state index contributed by atoms with van der Waals surface area (Å²) in [4.78, 5) is 0. The van der Waals surface area contributed by atoms with Gasteiger partial charge in [-0.2, -0.15) is 0 Å². The van der Waals surface area contributed by atoms with Gasteiger partial charge in [-0.15, -0.1) is 11.6 Å². The minimum absolute atomic E-state index is 0.113. The largest absolute Gasteiger partial charge is 0.496 e. The number of rotatable bonds is 4. The third-order valence-corrected chi connectivity index (χ3v) is 4.92. The third kappa shape index (κ3) is 3.61. The lowest BCUT2D eigenvalue weighted by Crippen LogP contribution is -2.04. The van der Waals surface area contributed by atoms with Gasteiger partial charge in [0.15, 0.2) is 0 Å². The molecule has 0 N–H and O–H groups in total. The normalized spacial score (nSPS) is 12.3. The standard InChI is InChI=1S/C18H20BrClO/c1-11-6-5-7-14(8-11)10-16(20)17-13(3)15(19)9-12(2)18(17)21-4/h5-9,16H,10H2,1-4H3. The van der Waals surface area contributed by atoms with Crippen molar-refractivity contribution in [3.63, 3.8) is 0 Å². The van der Waals surface area contributed by atoms with Gasteiger partial charge in [0.2, 0.25) is 0 Å². The number of benzene rings is 2. The summed E-state index contributed by atoms with van der Waals surface area (Å²) in [6.45, 7) is 6.22. The monoisotopic (exact) mass is 366 g/mol. The summed E-state index contributed by atoms with van der Waals surface area (Å²) in [5.41, 5.74) is 5.82. The molecule has 0 aliphatic carbocycles. The van der Waals surface area contributed by atoms with Crippen LogP contribution in [0.3, 0.4) is 0 Å². The highest BCUT2D eigenvalue weighted by atomic mass is 79.9. The second-order valence-electron chi connectivity index (χ2n) is 5.41. The lowest BCUT2D eigenvalue weighted by Gasteiger charge is -2.20. The Morgan fingerprint density at radius 2 is 1.90 bits per heavy atom. The maximum atomic E-state index is 6.73. The van der Waals surface area contributed by atoms with Gasteiger partial charge in [0.25, 0.3) is 0 Å². The van der Waals surface area contributed by atoms with E-state index in [4.69, 9.17) is 16.3 Å². The minimum Gasteiger partial charge on any atom is -0.496 e. The lowest BCUT2D eigenvalue weighted by molar-refractivity contribution is 0.405. The Kier molecular flexibility index (Phi) is 5.34. The predicted octanol–water partition coefficient (Wildman–Crippen LogP) is 5.91. The van der Waals surface area contributed by atoms with E-state index in [9.17, 15) is 0 Å². The van der Waals surface area contributed by atoms with Crippen molar-refractivity contribution in [1.29, 1.82) is 0 Å². The van der Waals surface area contributed by atoms with Crippen LogP contribution in [-0.4, -0.2) is 7.11 Å². The van der Waals surface area contributed by atoms with Gasteiger partial charge in [-0.25, -0.2) is 0 Å². The van der Waals surface area contributed by atoms with Crippen LogP contribution in [0.25, 0.3) is 0 Å². The van der Waals surface area contributed by atoms with Crippen molar-refractivity contribution in [3.8, 4) is 5.75 Å². The van der Waals surface area contributed by atoms with Crippen LogP contribution in [-0.2, 0) is 6.42 Å². The number of methoxy groups -OCH3 is 1. The zero-order valence-corrected chi connectivity index (χ0v) is 15.2. The van der Waals surface area contributed by atoms with Gasteiger partial charge in [-0.3, -0.25) is 0 Å². The number of ether oxygens (including phenoxy) is 1. The molecule has 1 nitrogen and oxygen atoms in total. The van der Waals surface area contributed by atoms with E-state index in [1.54, 1.807) is 7.11 Å². The minimum atomic E-state index is -0.113. The molecule has 0 aliphatic rings. The first-order chi connectivity index (χ1) is 9.93. The Bertz CT molecular complexity index is 652. The molecule has 0 saturated carbocycles. The average Bonchev–Trinajstić information content (AvgIpc) is 2.42. The van der Waals surface area contributed by atoms with Crippen LogP contribution in [0, 0.1) is 20.8 Å². The molecule has 3 heteroatoms. The van der Waals surface area contributed by atoms with Gasteiger partial charge < -0.3 is 4.74 Å². The van der Waals surface area contributed by atoms with Crippen LogP contribution in [0.15, 0.2) is 34.8 Å². The molecule has 0 saturated heterocycles. The number of aryl methyl sites for hydroxylation is 2. The number of hydrogen-bond donors (Lipinski definition) is 0. The Labute approximate surface area is 140 Å². The van der Waals surface area contributed by atoms with Crippen LogP contribution >= 0.6 is 27.5 Å². The van der Waals surface area contributed by atoms with Gasteiger partial charge >= 0.3 is 0 Å². The second-order valence-corrected chi connectivity index (χ2v) is 6.79. The van der Waals surface area contributed by atoms with Crippen LogP contribution in [0.2, 0.25) is 0 Å². The van der Waals surface area contributed by atoms with E-state index in [1.807, 2.05) is 6.92 Å². The van der Waals surface area contributed by atoms with Crippen molar-refractivity contribution in [3.05, 3.63) is 62.6 Å². The highest BCUT2D eigenvalue weighted by Crippen LogP contribution is 2.40. The molecule has 1 unspecified atom stereocenters. The molecule has 0 amide bonds. The first-order valence-electron chi connectivity index (χ1n) is 6.97. The molecule has 0 fully saturated rings. The van der Waals surface area contributed by atoms with E-state index in [0.717, 1.165) is 33.3 Å². The number of halogens is 2. The van der Waals surface area contributed by atoms with E-state index < -0.39 is 0 Å². The maximum Gasteiger partial charge on any atom is 0.126 e. The van der Waals surface area contributed by atoms with Crippen molar-refractivity contribution in [2.24, 2.45) is 0 Å². The summed E-state index contributed by atoms with van der Waals surface area (Å²) in [5.74, 6) is 0.892. The van der Waals surface area contributed by atoms with E-state index in [0.29, 0.717) is 0 Å². The zero-order chi connectivity index (χ0) is 15.6. The van der Waals surface area contributed by atoms with Gasteiger partial charge in [0.1, 0.15) is 5.75 Å². The molecule has 2 aromatic carbocycles. The van der Waals surface area contributed by atoms with Gasteiger partial charge in [0, 0.05) is 10.0 Å². The molecule has 112 valence electrons. The Morgan fingerprint density at radius 3 is 2.52 bits per heavy atom. The molecule has 0 aliphatic heterocycles. The Hall–Kier alpha value is -0.990. The predicted molar refractivity (Wildman–Crippen MR) is 93.6 cm³/mol. The van der Waals surface area contributed by atoms with Crippen LogP contribution in [0.5, 0.6) is 5.75 Å². The summed E-state index contributed by atoms with van der Waals surface area (Å²) >= 11 is 10.3. The van der Waals surface area contributed by atoms with Gasteiger partial charge in [0.05, 0.1) is 12.5 Å². The molecular weight excluding hydrogens is 348 g/mol. The fourth-order valence-electron chi connectivity index (χ4n) is 2.67. The molecule has 0 aromatic heterocycles. The molecule has 0 spiro atoms. The highest BCUT2D eigenvalue weighted by molar-refractivity contribution is 9.10. The quantitative estimate of drug-likeness (QED) is 0.611. The summed E-state index contributed by atoms with van der Waals surface area (Å²) in [7, 11) is 1.70. The first kappa shape index (κ1) is 16.4. The fourth-order valence-corrected chi connectivity index (χ4v) is 3.67. The van der Waals surface area contributed by atoms with Crippen LogP contribution in [0.4, 0.5) is 0 Å². The Balaban J connectivity index is 2.41. The van der Waals surface area contributed by atoms with Crippen LogP contribution in [0.1, 0.15) is 33.2 Å². The average molecular weight is 368 g/mol. The van der Waals surface area contributed by atoms with Crippen molar-refractivity contribution >= 4 is 27.5 Å². The summed E-state index contributed by atoms with van der Waals surface area (Å²) in [5, 5.41) is -0.113. The van der Waals surface area contributed by atoms with Crippen molar-refractivity contribution in [2.45, 2.75) is 32.6 Å². The molecule has 21 heavy (non-hydrogen) atoms. The molecular formula is C18H20BrClO. The fraction of sp³-hybridized carbons (Fsp3) is 0.333. The Morgan fingerprint density at radius 1 is 1.19 bits per heavy atom. The van der Waals surface area contributed by atoms with E-state index in [2.05, 4.69) is 60.1 Å². The molecule has 2 rings (SSSR count). The smallest absolute Gasteiger partial charge is 0.126 e. The zero-order valence-electron chi connectivity index (χ0n) is 12.8. The van der Waals surface area contributed by atoms with Crippen molar-refractivity contribution in [2.75, 3.05) is 7.11 Å². The van der Waals surface area contributed by atoms with Crippen LogP contribution < -0.4 is 4.74 Å². The third-order valence-electron chi connectivity index (χ3n) is 3.72. The van der Waals surface area contributed by atoms with Gasteiger partial charge in [-0.1, -0.05) is 45.8 Å². The maximum absolute atomic E-state index is 6.73.